The summed E-state index contributed by atoms with van der Waals surface area (Å²) in [7, 11) is 1.90. The molecule has 0 spiro atoms. The topological polar surface area (TPSA) is 53.4 Å². The maximum Gasteiger partial charge on any atom is 0.165 e. The molecule has 0 amide bonds. The molecular formula is C31H32F2N2O3. The fourth-order valence-electron chi connectivity index (χ4n) is 5.45. The van der Waals surface area contributed by atoms with Gasteiger partial charge in [0, 0.05) is 34.8 Å². The molecule has 0 aliphatic carbocycles. The van der Waals surface area contributed by atoms with Crippen molar-refractivity contribution in [1.29, 1.82) is 0 Å². The average Bonchev–Trinajstić information content (AvgIpc) is 3.20. The summed E-state index contributed by atoms with van der Waals surface area (Å²) in [5.41, 5.74) is 6.07. The van der Waals surface area contributed by atoms with Gasteiger partial charge in [-0.2, -0.15) is 0 Å². The number of hydrogen-bond acceptors (Lipinski definition) is 4. The molecule has 4 aromatic rings. The van der Waals surface area contributed by atoms with Crippen LogP contribution in [0.25, 0.3) is 33.4 Å². The van der Waals surface area contributed by atoms with Gasteiger partial charge in [0.25, 0.3) is 0 Å². The van der Waals surface area contributed by atoms with Crippen LogP contribution in [0.2, 0.25) is 0 Å². The van der Waals surface area contributed by atoms with E-state index < -0.39 is 17.5 Å². The van der Waals surface area contributed by atoms with Gasteiger partial charge in [-0.25, -0.2) is 13.8 Å². The fourth-order valence-corrected chi connectivity index (χ4v) is 5.45. The predicted molar refractivity (Wildman–Crippen MR) is 144 cm³/mol. The molecule has 0 unspecified atom stereocenters. The van der Waals surface area contributed by atoms with Crippen LogP contribution in [0.3, 0.4) is 0 Å². The first kappa shape index (κ1) is 26.0. The normalized spacial score (nSPS) is 14.3. The van der Waals surface area contributed by atoms with Crippen molar-refractivity contribution in [2.75, 3.05) is 6.61 Å². The number of aryl methyl sites for hydroxylation is 2. The molecule has 0 N–H and O–H groups in total. The summed E-state index contributed by atoms with van der Waals surface area (Å²) in [6.45, 7) is 9.97. The number of aromatic nitrogens is 2. The Hall–Kier alpha value is -3.58. The number of fused-ring (bicyclic) bond motifs is 2. The number of aldehydes is 1. The van der Waals surface area contributed by atoms with Crippen molar-refractivity contribution in [2.45, 2.75) is 59.2 Å². The zero-order valence-corrected chi connectivity index (χ0v) is 22.6. The van der Waals surface area contributed by atoms with E-state index in [1.807, 2.05) is 52.3 Å². The quantitative estimate of drug-likeness (QED) is 0.263. The average molecular weight is 519 g/mol. The lowest BCUT2D eigenvalue weighted by molar-refractivity contribution is -0.128. The smallest absolute Gasteiger partial charge is 0.165 e. The second-order valence-corrected chi connectivity index (χ2v) is 10.9. The molecule has 1 aliphatic heterocycles. The largest absolute Gasteiger partial charge is 0.490 e. The zero-order valence-electron chi connectivity index (χ0n) is 22.6. The van der Waals surface area contributed by atoms with Crippen molar-refractivity contribution in [1.82, 2.24) is 9.55 Å². The molecule has 0 saturated carbocycles. The molecule has 5 nitrogen and oxygen atoms in total. The molecule has 3 heterocycles. The van der Waals surface area contributed by atoms with Crippen LogP contribution in [0.1, 0.15) is 55.7 Å². The minimum Gasteiger partial charge on any atom is -0.490 e. The van der Waals surface area contributed by atoms with Crippen LogP contribution in [-0.4, -0.2) is 28.0 Å². The van der Waals surface area contributed by atoms with Gasteiger partial charge in [-0.3, -0.25) is 0 Å². The number of nitrogens with zero attached hydrogens (tertiary/aromatic N) is 2. The Labute approximate surface area is 221 Å². The Kier molecular flexibility index (Phi) is 6.59. The second-order valence-electron chi connectivity index (χ2n) is 10.9. The summed E-state index contributed by atoms with van der Waals surface area (Å²) >= 11 is 0. The summed E-state index contributed by atoms with van der Waals surface area (Å²) in [6, 6.07) is 9.74. The Bertz CT molecular complexity index is 1550. The number of rotatable bonds is 5. The lowest BCUT2D eigenvalue weighted by atomic mass is 9.87. The van der Waals surface area contributed by atoms with Crippen molar-refractivity contribution >= 4 is 17.3 Å². The molecule has 0 bridgehead atoms. The highest BCUT2D eigenvalue weighted by atomic mass is 19.1. The van der Waals surface area contributed by atoms with Crippen molar-refractivity contribution in [3.8, 4) is 28.1 Å². The van der Waals surface area contributed by atoms with Crippen LogP contribution in [-0.2, 0) is 23.0 Å². The van der Waals surface area contributed by atoms with Gasteiger partial charge in [0.1, 0.15) is 17.6 Å². The lowest BCUT2D eigenvalue weighted by Crippen LogP contribution is -2.24. The minimum atomic E-state index is -0.911. The summed E-state index contributed by atoms with van der Waals surface area (Å²) in [4.78, 5) is 17.4. The van der Waals surface area contributed by atoms with Crippen LogP contribution >= 0.6 is 0 Å². The van der Waals surface area contributed by atoms with Crippen molar-refractivity contribution in [2.24, 2.45) is 7.05 Å². The van der Waals surface area contributed by atoms with Crippen LogP contribution in [0.15, 0.2) is 36.4 Å². The third-order valence-electron chi connectivity index (χ3n) is 7.14. The van der Waals surface area contributed by atoms with Gasteiger partial charge in [0.15, 0.2) is 17.9 Å². The van der Waals surface area contributed by atoms with E-state index in [0.29, 0.717) is 46.8 Å². The van der Waals surface area contributed by atoms with Crippen LogP contribution < -0.4 is 4.74 Å². The molecule has 38 heavy (non-hydrogen) atoms. The highest BCUT2D eigenvalue weighted by Gasteiger charge is 2.30. The van der Waals surface area contributed by atoms with Gasteiger partial charge >= 0.3 is 0 Å². The van der Waals surface area contributed by atoms with Crippen molar-refractivity contribution < 1.29 is 23.0 Å². The van der Waals surface area contributed by atoms with Crippen molar-refractivity contribution in [3.63, 3.8) is 0 Å². The van der Waals surface area contributed by atoms with Crippen molar-refractivity contribution in [3.05, 3.63) is 70.4 Å². The van der Waals surface area contributed by atoms with Gasteiger partial charge in [-0.1, -0.05) is 0 Å². The molecule has 2 aromatic heterocycles. The predicted octanol–water partition coefficient (Wildman–Crippen LogP) is 7.18. The van der Waals surface area contributed by atoms with Crippen LogP contribution in [0, 0.1) is 25.5 Å². The number of hydrogen-bond donors (Lipinski definition) is 0. The van der Waals surface area contributed by atoms with E-state index >= 15 is 4.39 Å². The fraction of sp³-hybridized carbons (Fsp3) is 0.355. The molecule has 0 fully saturated rings. The Balaban J connectivity index is 1.88. The van der Waals surface area contributed by atoms with E-state index in [1.165, 1.54) is 18.2 Å². The minimum absolute atomic E-state index is 0.305. The number of pyridine rings is 1. The highest BCUT2D eigenvalue weighted by molar-refractivity contribution is 6.00. The first-order valence-electron chi connectivity index (χ1n) is 12.8. The van der Waals surface area contributed by atoms with Gasteiger partial charge < -0.3 is 18.8 Å². The number of halogens is 2. The number of carbonyl (C=O) groups is 1. The summed E-state index contributed by atoms with van der Waals surface area (Å²) < 4.78 is 43.0. The summed E-state index contributed by atoms with van der Waals surface area (Å²) in [5.74, 6) is -0.443. The van der Waals surface area contributed by atoms with E-state index in [9.17, 15) is 9.18 Å². The Morgan fingerprint density at radius 2 is 1.84 bits per heavy atom. The SMILES string of the molecule is Cc1nc2c(cc(-c3ccc(F)cc3)n2C)c(-c2cc(F)c3c(c2C)CCCO3)c1[C@@H](C=O)OC(C)(C)C. The molecular weight excluding hydrogens is 486 g/mol. The molecule has 1 aliphatic rings. The third kappa shape index (κ3) is 4.49. The molecule has 2 aromatic carbocycles. The molecule has 198 valence electrons. The second kappa shape index (κ2) is 9.62. The van der Waals surface area contributed by atoms with E-state index in [1.54, 1.807) is 12.1 Å². The van der Waals surface area contributed by atoms with Crippen LogP contribution in [0.4, 0.5) is 8.78 Å². The third-order valence-corrected chi connectivity index (χ3v) is 7.14. The van der Waals surface area contributed by atoms with Crippen LogP contribution in [0.5, 0.6) is 5.75 Å². The maximum absolute atomic E-state index is 15.5. The number of carbonyl (C=O) groups excluding carboxylic acids is 1. The van der Waals surface area contributed by atoms with E-state index in [4.69, 9.17) is 14.5 Å². The molecule has 0 radical (unpaired) electrons. The highest BCUT2D eigenvalue weighted by Crippen LogP contribution is 2.45. The standard InChI is InChI=1S/C31H32F2N2O3/c1-17-21-8-7-13-37-29(21)24(33)14-22(17)28-23-15-25(19-9-11-20(32)12-10-19)35(6)30(23)34-18(2)27(28)26(16-36)38-31(3,4)5/h9-12,14-16,26H,7-8,13H2,1-6H3/t26-/m1/s1. The van der Waals surface area contributed by atoms with E-state index in [2.05, 4.69) is 0 Å². The lowest BCUT2D eigenvalue weighted by Gasteiger charge is -2.28. The summed E-state index contributed by atoms with van der Waals surface area (Å²) in [5, 5.41) is 0.760. The summed E-state index contributed by atoms with van der Waals surface area (Å²) in [6.07, 6.45) is 1.38. The Morgan fingerprint density at radius 3 is 2.50 bits per heavy atom. The molecule has 1 atom stereocenters. The monoisotopic (exact) mass is 518 g/mol. The molecule has 7 heteroatoms. The zero-order chi connectivity index (χ0) is 27.4. The van der Waals surface area contributed by atoms with Gasteiger partial charge in [0.05, 0.1) is 17.9 Å². The first-order valence-corrected chi connectivity index (χ1v) is 12.8. The van der Waals surface area contributed by atoms with E-state index in [0.717, 1.165) is 40.5 Å². The van der Waals surface area contributed by atoms with Gasteiger partial charge in [0.2, 0.25) is 0 Å². The molecule has 0 saturated heterocycles. The number of benzene rings is 2. The van der Waals surface area contributed by atoms with Gasteiger partial charge in [-0.15, -0.1) is 0 Å². The van der Waals surface area contributed by atoms with E-state index in [-0.39, 0.29) is 5.82 Å². The van der Waals surface area contributed by atoms with Gasteiger partial charge in [-0.05, 0) is 101 Å². The maximum atomic E-state index is 15.5. The Morgan fingerprint density at radius 1 is 1.13 bits per heavy atom. The number of ether oxygens (including phenoxy) is 2. The molecule has 5 rings (SSSR count). The first-order chi connectivity index (χ1) is 18.0.